The summed E-state index contributed by atoms with van der Waals surface area (Å²) in [6.07, 6.45) is 1.03. The summed E-state index contributed by atoms with van der Waals surface area (Å²) in [5.41, 5.74) is 3.62. The molecule has 0 spiro atoms. The van der Waals surface area contributed by atoms with E-state index in [1.165, 1.54) is 11.1 Å². The van der Waals surface area contributed by atoms with E-state index < -0.39 is 0 Å². The van der Waals surface area contributed by atoms with Crippen molar-refractivity contribution in [3.05, 3.63) is 71.3 Å². The lowest BCUT2D eigenvalue weighted by Gasteiger charge is -2.26. The molecule has 2 rings (SSSR count). The molecule has 25 heavy (non-hydrogen) atoms. The van der Waals surface area contributed by atoms with Crippen LogP contribution in [0.4, 0.5) is 4.79 Å². The van der Waals surface area contributed by atoms with Crippen LogP contribution in [0.2, 0.25) is 0 Å². The zero-order valence-electron chi connectivity index (χ0n) is 15.6. The molecule has 2 amide bonds. The molecule has 0 aromatic heterocycles. The van der Waals surface area contributed by atoms with Gasteiger partial charge in [0, 0.05) is 6.54 Å². The standard InChI is InChI=1S/C21H29N3O/c1-5-17-11-13-19(14-12-17)20(24(3)4)15-22-21(25)23-16(2)18-9-7-6-8-10-18/h6-14,16,20H,5,15H2,1-4H3,(H2,22,23,25). The minimum Gasteiger partial charge on any atom is -0.336 e. The molecule has 0 saturated heterocycles. The first-order valence-electron chi connectivity index (χ1n) is 8.85. The second-order valence-electron chi connectivity index (χ2n) is 6.56. The maximum absolute atomic E-state index is 12.2. The van der Waals surface area contributed by atoms with Gasteiger partial charge in [-0.1, -0.05) is 61.5 Å². The van der Waals surface area contributed by atoms with Gasteiger partial charge in [0.1, 0.15) is 0 Å². The highest BCUT2D eigenvalue weighted by Crippen LogP contribution is 2.18. The van der Waals surface area contributed by atoms with Crippen LogP contribution in [0.15, 0.2) is 54.6 Å². The Morgan fingerprint density at radius 3 is 2.20 bits per heavy atom. The Labute approximate surface area is 151 Å². The topological polar surface area (TPSA) is 44.4 Å². The predicted octanol–water partition coefficient (Wildman–Crippen LogP) is 3.91. The Hall–Kier alpha value is -2.33. The summed E-state index contributed by atoms with van der Waals surface area (Å²) in [5, 5.41) is 5.99. The molecule has 0 radical (unpaired) electrons. The lowest BCUT2D eigenvalue weighted by Crippen LogP contribution is -2.41. The van der Waals surface area contributed by atoms with E-state index in [0.29, 0.717) is 6.54 Å². The van der Waals surface area contributed by atoms with Crippen LogP contribution in [0, 0.1) is 0 Å². The number of aryl methyl sites for hydroxylation is 1. The number of hydrogen-bond acceptors (Lipinski definition) is 2. The summed E-state index contributed by atoms with van der Waals surface area (Å²) >= 11 is 0. The number of benzene rings is 2. The van der Waals surface area contributed by atoms with Gasteiger partial charge in [0.2, 0.25) is 0 Å². The number of carbonyl (C=O) groups excluding carboxylic acids is 1. The van der Waals surface area contributed by atoms with E-state index in [1.807, 2.05) is 51.4 Å². The van der Waals surface area contributed by atoms with Crippen molar-refractivity contribution in [3.63, 3.8) is 0 Å². The first-order chi connectivity index (χ1) is 12.0. The van der Waals surface area contributed by atoms with E-state index in [-0.39, 0.29) is 18.1 Å². The van der Waals surface area contributed by atoms with Crippen LogP contribution in [0.5, 0.6) is 0 Å². The number of amides is 2. The Morgan fingerprint density at radius 1 is 1.00 bits per heavy atom. The molecular formula is C21H29N3O. The van der Waals surface area contributed by atoms with Crippen molar-refractivity contribution in [2.24, 2.45) is 0 Å². The van der Waals surface area contributed by atoms with Crippen LogP contribution in [0.3, 0.4) is 0 Å². The van der Waals surface area contributed by atoms with Gasteiger partial charge in [-0.05, 0) is 44.1 Å². The largest absolute Gasteiger partial charge is 0.336 e. The lowest BCUT2D eigenvalue weighted by atomic mass is 10.0. The number of carbonyl (C=O) groups is 1. The summed E-state index contributed by atoms with van der Waals surface area (Å²) in [6, 6.07) is 18.5. The molecule has 2 aromatic carbocycles. The van der Waals surface area contributed by atoms with Gasteiger partial charge in [0.05, 0.1) is 12.1 Å². The summed E-state index contributed by atoms with van der Waals surface area (Å²) < 4.78 is 0. The monoisotopic (exact) mass is 339 g/mol. The van der Waals surface area contributed by atoms with E-state index in [1.54, 1.807) is 0 Å². The number of nitrogens with one attached hydrogen (secondary N) is 2. The van der Waals surface area contributed by atoms with Gasteiger partial charge in [0.15, 0.2) is 0 Å². The van der Waals surface area contributed by atoms with Crippen molar-refractivity contribution >= 4 is 6.03 Å². The molecule has 0 saturated carbocycles. The Kier molecular flexibility index (Phi) is 7.02. The molecule has 4 nitrogen and oxygen atoms in total. The number of likely N-dealkylation sites (N-methyl/N-ethyl adjacent to an activating group) is 1. The molecule has 2 N–H and O–H groups in total. The van der Waals surface area contributed by atoms with Gasteiger partial charge in [-0.2, -0.15) is 0 Å². The SMILES string of the molecule is CCc1ccc(C(CNC(=O)NC(C)c2ccccc2)N(C)C)cc1. The van der Waals surface area contributed by atoms with Gasteiger partial charge >= 0.3 is 6.03 Å². The Balaban J connectivity index is 1.92. The van der Waals surface area contributed by atoms with Crippen molar-refractivity contribution in [1.82, 2.24) is 15.5 Å². The minimum atomic E-state index is -0.145. The molecule has 0 aliphatic carbocycles. The van der Waals surface area contributed by atoms with E-state index in [0.717, 1.165) is 12.0 Å². The summed E-state index contributed by atoms with van der Waals surface area (Å²) in [4.78, 5) is 14.4. The van der Waals surface area contributed by atoms with Crippen LogP contribution < -0.4 is 10.6 Å². The fraction of sp³-hybridized carbons (Fsp3) is 0.381. The molecule has 2 unspecified atom stereocenters. The van der Waals surface area contributed by atoms with E-state index in [9.17, 15) is 4.79 Å². The zero-order valence-corrected chi connectivity index (χ0v) is 15.6. The highest BCUT2D eigenvalue weighted by Gasteiger charge is 2.16. The molecule has 0 fully saturated rings. The van der Waals surface area contributed by atoms with E-state index >= 15 is 0 Å². The summed E-state index contributed by atoms with van der Waals surface area (Å²) in [5.74, 6) is 0. The van der Waals surface area contributed by atoms with Gasteiger partial charge in [-0.15, -0.1) is 0 Å². The van der Waals surface area contributed by atoms with Gasteiger partial charge in [-0.3, -0.25) is 0 Å². The summed E-state index contributed by atoms with van der Waals surface area (Å²) in [7, 11) is 4.06. The third kappa shape index (κ3) is 5.61. The number of hydrogen-bond donors (Lipinski definition) is 2. The molecule has 0 aliphatic rings. The van der Waals surface area contributed by atoms with Crippen LogP contribution in [0.25, 0.3) is 0 Å². The molecule has 0 heterocycles. The fourth-order valence-electron chi connectivity index (χ4n) is 2.84. The smallest absolute Gasteiger partial charge is 0.315 e. The molecule has 134 valence electrons. The van der Waals surface area contributed by atoms with Gasteiger partial charge < -0.3 is 15.5 Å². The van der Waals surface area contributed by atoms with Crippen molar-refractivity contribution in [1.29, 1.82) is 0 Å². The number of urea groups is 1. The normalized spacial score (nSPS) is 13.3. The third-order valence-electron chi connectivity index (χ3n) is 4.50. The van der Waals surface area contributed by atoms with Gasteiger partial charge in [0.25, 0.3) is 0 Å². The van der Waals surface area contributed by atoms with Crippen molar-refractivity contribution in [2.45, 2.75) is 32.4 Å². The first kappa shape index (κ1) is 19.0. The predicted molar refractivity (Wildman–Crippen MR) is 104 cm³/mol. The van der Waals surface area contributed by atoms with Gasteiger partial charge in [-0.25, -0.2) is 4.79 Å². The van der Waals surface area contributed by atoms with E-state index in [4.69, 9.17) is 0 Å². The summed E-state index contributed by atoms with van der Waals surface area (Å²) in [6.45, 7) is 4.70. The average Bonchev–Trinajstić information content (AvgIpc) is 2.62. The fourth-order valence-corrected chi connectivity index (χ4v) is 2.84. The lowest BCUT2D eigenvalue weighted by molar-refractivity contribution is 0.230. The van der Waals surface area contributed by atoms with Crippen LogP contribution in [0.1, 0.15) is 42.6 Å². The molecule has 0 bridgehead atoms. The highest BCUT2D eigenvalue weighted by molar-refractivity contribution is 5.74. The van der Waals surface area contributed by atoms with Crippen molar-refractivity contribution < 1.29 is 4.79 Å². The molecular weight excluding hydrogens is 310 g/mol. The second-order valence-corrected chi connectivity index (χ2v) is 6.56. The first-order valence-corrected chi connectivity index (χ1v) is 8.85. The Bertz CT molecular complexity index is 653. The average molecular weight is 339 g/mol. The Morgan fingerprint density at radius 2 is 1.64 bits per heavy atom. The molecule has 4 heteroatoms. The third-order valence-corrected chi connectivity index (χ3v) is 4.50. The van der Waals surface area contributed by atoms with Crippen molar-refractivity contribution in [3.8, 4) is 0 Å². The van der Waals surface area contributed by atoms with Crippen LogP contribution in [-0.4, -0.2) is 31.6 Å². The molecule has 0 aliphatic heterocycles. The van der Waals surface area contributed by atoms with E-state index in [2.05, 4.69) is 46.7 Å². The number of rotatable bonds is 7. The van der Waals surface area contributed by atoms with Crippen LogP contribution in [-0.2, 0) is 6.42 Å². The van der Waals surface area contributed by atoms with Crippen LogP contribution >= 0.6 is 0 Å². The molecule has 2 aromatic rings. The second kappa shape index (κ2) is 9.23. The maximum atomic E-state index is 12.2. The maximum Gasteiger partial charge on any atom is 0.315 e. The molecule has 2 atom stereocenters. The van der Waals surface area contributed by atoms with Crippen molar-refractivity contribution in [2.75, 3.05) is 20.6 Å². The minimum absolute atomic E-state index is 0.0251. The quantitative estimate of drug-likeness (QED) is 0.803. The highest BCUT2D eigenvalue weighted by atomic mass is 16.2. The number of nitrogens with zero attached hydrogens (tertiary/aromatic N) is 1. The zero-order chi connectivity index (χ0) is 18.2.